The normalized spacial score (nSPS) is 12.8. The van der Waals surface area contributed by atoms with Crippen molar-refractivity contribution in [2.24, 2.45) is 30.0 Å². The van der Waals surface area contributed by atoms with Gasteiger partial charge in [0.1, 0.15) is 0 Å². The summed E-state index contributed by atoms with van der Waals surface area (Å²) < 4.78 is 50.9. The van der Waals surface area contributed by atoms with Crippen molar-refractivity contribution in [1.82, 2.24) is 4.75 Å². The summed E-state index contributed by atoms with van der Waals surface area (Å²) in [6.45, 7) is 0. The zero-order valence-corrected chi connectivity index (χ0v) is 72.1. The average molecular weight is 1830 g/mol. The van der Waals surface area contributed by atoms with E-state index in [1.54, 1.807) is 151 Å². The number of aromatic nitrogens is 2. The molecule has 0 amide bonds. The van der Waals surface area contributed by atoms with Gasteiger partial charge in [0.05, 0.1) is 28.4 Å². The topological polar surface area (TPSA) is 158 Å². The number of fused-ring (bicyclic) bond motifs is 14. The van der Waals surface area contributed by atoms with Gasteiger partial charge in [-0.2, -0.15) is 0 Å². The van der Waals surface area contributed by atoms with Crippen LogP contribution in [0.2, 0.25) is 0 Å². The van der Waals surface area contributed by atoms with Crippen LogP contribution in [0.25, 0.3) is 21.5 Å². The molecule has 2 aromatic heterocycles. The number of benzene rings is 12. The van der Waals surface area contributed by atoms with Gasteiger partial charge in [0, 0.05) is 0 Å². The van der Waals surface area contributed by atoms with Gasteiger partial charge in [-0.1, -0.05) is 0 Å². The molecule has 14 aromatic rings. The number of hydrogen-bond donors (Lipinski definition) is 0. The predicted molar refractivity (Wildman–Crippen MR) is 458 cm³/mol. The summed E-state index contributed by atoms with van der Waals surface area (Å²) in [4.78, 5) is 52.3. The first-order chi connectivity index (χ1) is 55.5. The molecule has 6 heterocycles. The summed E-state index contributed by atoms with van der Waals surface area (Å²) >= 11 is 10.2. The first-order valence-corrected chi connectivity index (χ1v) is 45.4. The fourth-order valence-corrected chi connectivity index (χ4v) is 25.8. The number of nitrogens with zero attached hydrogens (tertiary/aromatic N) is 8. The quantitative estimate of drug-likeness (QED) is 0.0526. The molecule has 556 valence electrons. The van der Waals surface area contributed by atoms with Gasteiger partial charge in [0.2, 0.25) is 0 Å². The van der Waals surface area contributed by atoms with E-state index in [9.17, 15) is 0 Å². The Bertz CT molecular complexity index is 5970. The number of amidine groups is 4. The third-order valence-electron chi connectivity index (χ3n) is 18.9. The molecule has 0 saturated carbocycles. The Morgan fingerprint density at radius 3 is 0.602 bits per heavy atom. The van der Waals surface area contributed by atoms with Crippen LogP contribution < -0.4 is 48.9 Å². The minimum atomic E-state index is -3.05. The predicted octanol–water partition coefficient (Wildman–Crippen LogP) is 21.7. The van der Waals surface area contributed by atoms with E-state index in [-0.39, 0.29) is 0 Å². The molecule has 16 nitrogen and oxygen atoms in total. The summed E-state index contributed by atoms with van der Waals surface area (Å²) in [6.07, 6.45) is 0. The molecule has 2 radical (unpaired) electrons. The molecule has 12 aromatic carbocycles. The van der Waals surface area contributed by atoms with Crippen molar-refractivity contribution in [3.05, 3.63) is 276 Å². The van der Waals surface area contributed by atoms with Crippen LogP contribution in [0, 0.1) is 0 Å². The molecule has 0 unspecified atom stereocenters. The second-order valence-electron chi connectivity index (χ2n) is 25.5. The van der Waals surface area contributed by atoms with Crippen molar-refractivity contribution in [2.75, 3.05) is 56.9 Å². The van der Waals surface area contributed by atoms with Gasteiger partial charge >= 0.3 is 677 Å². The van der Waals surface area contributed by atoms with E-state index in [4.69, 9.17) is 67.8 Å². The Hall–Kier alpha value is -9.88. The molecule has 25 heteroatoms. The first kappa shape index (κ1) is 74.5. The number of methoxy groups -OCH3 is 8. The van der Waals surface area contributed by atoms with E-state index in [1.165, 1.54) is 0 Å². The van der Waals surface area contributed by atoms with E-state index in [2.05, 4.69) is 150 Å². The zero-order chi connectivity index (χ0) is 76.8. The summed E-state index contributed by atoms with van der Waals surface area (Å²) in [7, 11) is 13.5. The van der Waals surface area contributed by atoms with Gasteiger partial charge in [0.15, 0.2) is 0 Å². The fraction of sp³-hybridized carbons (Fsp3) is 0.0909. The van der Waals surface area contributed by atoms with Crippen molar-refractivity contribution in [3.63, 3.8) is 0 Å². The summed E-state index contributed by atoms with van der Waals surface area (Å²) in [5.41, 5.74) is 4.71. The Morgan fingerprint density at radius 2 is 0.389 bits per heavy atom. The van der Waals surface area contributed by atoms with Gasteiger partial charge in [-0.15, -0.1) is 0 Å². The molecule has 113 heavy (non-hydrogen) atoms. The molecule has 4 aliphatic heterocycles. The fourth-order valence-electron chi connectivity index (χ4n) is 13.4. The van der Waals surface area contributed by atoms with Crippen LogP contribution in [0.1, 0.15) is 22.3 Å². The molecule has 0 fully saturated rings. The number of aliphatic imine (C=N–C) groups is 4. The van der Waals surface area contributed by atoms with Gasteiger partial charge in [-0.3, -0.25) is 0 Å². The summed E-state index contributed by atoms with van der Waals surface area (Å²) in [5, 5.41) is 3.56. The Labute approximate surface area is 698 Å². The van der Waals surface area contributed by atoms with E-state index in [1.807, 2.05) is 97.1 Å². The van der Waals surface area contributed by atoms with Crippen molar-refractivity contribution in [2.45, 2.75) is 78.3 Å². The SMILES string of the molecule is COc1ccc(Sc2ccc(Sc3ccc(OC)cc3)c3c2C2=NC3=Nc3c4c(Sc5ccc(OC)cc5)ccc(Sc5ccc(OC)cc5)c4c4[n]3[Pb][n]3c(c5c(Sc6ccc(OC)cc6)ccc(Sc6ccc(OC)cc6)c5c3=NC3=NC(=N4)c4c(Sc5ccc(OC)cc5)ccc(Sc5ccc(OC)cc5)c43)=N2)cc1. The molecule has 0 atom stereocenters. The second-order valence-corrected chi connectivity index (χ2v) is 38.7. The third kappa shape index (κ3) is 14.9. The minimum absolute atomic E-state index is 0.499. The Kier molecular flexibility index (Phi) is 21.5. The molecule has 0 spiro atoms. The van der Waals surface area contributed by atoms with Crippen molar-refractivity contribution in [3.8, 4) is 46.0 Å². The molecule has 4 aliphatic rings. The van der Waals surface area contributed by atoms with Crippen LogP contribution in [0.4, 0.5) is 11.6 Å². The number of rotatable bonds is 24. The van der Waals surface area contributed by atoms with Crippen LogP contribution in [0.3, 0.4) is 0 Å². The first-order valence-electron chi connectivity index (χ1n) is 35.4. The van der Waals surface area contributed by atoms with Crippen molar-refractivity contribution >= 4 is 175 Å². The van der Waals surface area contributed by atoms with Crippen molar-refractivity contribution < 1.29 is 37.9 Å². The van der Waals surface area contributed by atoms with Crippen LogP contribution in [-0.2, 0) is 0 Å². The van der Waals surface area contributed by atoms with Crippen molar-refractivity contribution in [1.29, 1.82) is 0 Å². The molecular formula is C88H64N8O8PbS8. The monoisotopic (exact) mass is 1820 g/mol. The Balaban J connectivity index is 1.03. The molecular weight excluding hydrogens is 1760 g/mol. The molecule has 0 N–H and O–H groups in total. The number of ether oxygens (including phenoxy) is 8. The van der Waals surface area contributed by atoms with Gasteiger partial charge in [0.25, 0.3) is 0 Å². The van der Waals surface area contributed by atoms with E-state index >= 15 is 0 Å². The molecule has 18 rings (SSSR count). The average Bonchev–Trinajstić information content (AvgIpc) is 1.54. The van der Waals surface area contributed by atoms with E-state index < -0.39 is 24.8 Å². The van der Waals surface area contributed by atoms with Gasteiger partial charge in [-0.25, -0.2) is 0 Å². The van der Waals surface area contributed by atoms with Gasteiger partial charge < -0.3 is 0 Å². The Morgan fingerprint density at radius 1 is 0.204 bits per heavy atom. The zero-order valence-electron chi connectivity index (χ0n) is 61.7. The molecule has 0 saturated heterocycles. The van der Waals surface area contributed by atoms with E-state index in [0.29, 0.717) is 46.0 Å². The van der Waals surface area contributed by atoms with Gasteiger partial charge in [-0.05, 0) is 0 Å². The number of hydrogen-bond acceptors (Lipinski definition) is 22. The van der Waals surface area contributed by atoms with Crippen LogP contribution in [0.5, 0.6) is 46.0 Å². The second kappa shape index (κ2) is 32.5. The van der Waals surface area contributed by atoms with Crippen LogP contribution >= 0.6 is 94.1 Å². The summed E-state index contributed by atoms with van der Waals surface area (Å²) in [6, 6.07) is 83.4. The van der Waals surface area contributed by atoms with Crippen LogP contribution in [-0.4, -0.2) is 110 Å². The summed E-state index contributed by atoms with van der Waals surface area (Å²) in [5.74, 6) is 9.39. The maximum atomic E-state index is 6.23. The van der Waals surface area contributed by atoms with Crippen LogP contribution in [0.15, 0.2) is 351 Å². The van der Waals surface area contributed by atoms with E-state index in [0.717, 1.165) is 168 Å². The third-order valence-corrected chi connectivity index (χ3v) is 32.3. The molecule has 0 aliphatic carbocycles. The standard InChI is InChI=1S/C88H64N8O8S8.Pb/c1-97-49-9-25-57(26-10-49)105-65-41-42-66(106-58-27-11-50(98-2)12-28-58)74-73(65)81-89-82(74)94-84-77-69(109-61-33-17-53(101-5)18-34-61)45-46-70(110-62-35-19-54(102-6)20-36-62)78(77)86(91-84)96-88-80-72(112-64-39-23-56(104-8)24-40-64)48-47-71(111-63-37-21-55(103-7)22-38-63)79(80)87(92-88)95-85-76-68(108-60-31-15-52(100-4)16-32-60)44-43-67(75(76)83(90-85)93-81)107-59-29-13-51(99-3)14-30-59;/h9-48H,1-8H3;/q-2;+2. The maximum absolute atomic E-state index is 6.23. The molecule has 6 bridgehead atoms.